The second kappa shape index (κ2) is 11.6. The van der Waals surface area contributed by atoms with Gasteiger partial charge in [-0.05, 0) is 47.0 Å². The molecule has 0 unspecified atom stereocenters. The molecule has 10 aromatic rings. The molecule has 0 bridgehead atoms. The van der Waals surface area contributed by atoms with Crippen LogP contribution >= 0.6 is 11.3 Å². The van der Waals surface area contributed by atoms with Gasteiger partial charge in [0.05, 0.1) is 0 Å². The summed E-state index contributed by atoms with van der Waals surface area (Å²) in [5, 5.41) is 4.65. The van der Waals surface area contributed by atoms with E-state index < -0.39 is 0 Å². The number of fused-ring (bicyclic) bond motifs is 6. The van der Waals surface area contributed by atoms with Crippen molar-refractivity contribution in [3.05, 3.63) is 164 Å². The molecule has 0 aliphatic carbocycles. The molecule has 234 valence electrons. The Morgan fingerprint density at radius 3 is 1.72 bits per heavy atom. The van der Waals surface area contributed by atoms with E-state index in [1.807, 2.05) is 72.8 Å². The van der Waals surface area contributed by atoms with Crippen LogP contribution in [-0.4, -0.2) is 15.0 Å². The van der Waals surface area contributed by atoms with Crippen molar-refractivity contribution in [2.45, 2.75) is 0 Å². The molecule has 0 radical (unpaired) electrons. The fraction of sp³-hybridized carbons (Fsp3) is 0. The Morgan fingerprint density at radius 1 is 0.380 bits per heavy atom. The Balaban J connectivity index is 1.15. The van der Waals surface area contributed by atoms with Crippen LogP contribution in [0.25, 0.3) is 98.5 Å². The van der Waals surface area contributed by atoms with Crippen molar-refractivity contribution in [2.24, 2.45) is 0 Å². The first-order chi connectivity index (χ1) is 24.8. The SMILES string of the molecule is c1ccc(-c2nc(-c3ccccc3)nc(-c3cccc4c3sc3cc(-c5cc(-c6ccccc6)c6oc7ccccc7c6c5)ccc34)n2)cc1. The van der Waals surface area contributed by atoms with E-state index in [0.29, 0.717) is 17.5 Å². The van der Waals surface area contributed by atoms with E-state index in [-0.39, 0.29) is 0 Å². The van der Waals surface area contributed by atoms with E-state index in [9.17, 15) is 0 Å². The number of benzene rings is 7. The van der Waals surface area contributed by atoms with Gasteiger partial charge in [-0.25, -0.2) is 15.0 Å². The van der Waals surface area contributed by atoms with Gasteiger partial charge >= 0.3 is 0 Å². The van der Waals surface area contributed by atoms with Crippen molar-refractivity contribution in [1.29, 1.82) is 0 Å². The molecular weight excluding hydrogens is 631 g/mol. The van der Waals surface area contributed by atoms with Crippen molar-refractivity contribution in [3.8, 4) is 56.4 Å². The lowest BCUT2D eigenvalue weighted by molar-refractivity contribution is 0.670. The van der Waals surface area contributed by atoms with Crippen molar-refractivity contribution in [1.82, 2.24) is 15.0 Å². The third kappa shape index (κ3) is 4.79. The number of furan rings is 1. The summed E-state index contributed by atoms with van der Waals surface area (Å²) in [6.45, 7) is 0. The molecular formula is C45H27N3OS. The molecule has 0 N–H and O–H groups in total. The first-order valence-corrected chi connectivity index (χ1v) is 17.4. The summed E-state index contributed by atoms with van der Waals surface area (Å²) in [6.07, 6.45) is 0. The second-order valence-electron chi connectivity index (χ2n) is 12.4. The zero-order chi connectivity index (χ0) is 33.0. The summed E-state index contributed by atoms with van der Waals surface area (Å²) >= 11 is 1.78. The van der Waals surface area contributed by atoms with Gasteiger partial charge in [0.2, 0.25) is 0 Å². The molecule has 7 aromatic carbocycles. The Labute approximate surface area is 292 Å². The minimum Gasteiger partial charge on any atom is -0.455 e. The molecule has 0 saturated carbocycles. The second-order valence-corrected chi connectivity index (χ2v) is 13.5. The number of thiophene rings is 1. The maximum atomic E-state index is 6.45. The Morgan fingerprint density at radius 2 is 1.00 bits per heavy atom. The number of rotatable bonds is 5. The molecule has 10 rings (SSSR count). The maximum absolute atomic E-state index is 6.45. The van der Waals surface area contributed by atoms with Gasteiger partial charge in [0.25, 0.3) is 0 Å². The van der Waals surface area contributed by atoms with Crippen molar-refractivity contribution in [2.75, 3.05) is 0 Å². The van der Waals surface area contributed by atoms with Crippen LogP contribution in [0, 0.1) is 0 Å². The molecule has 0 fully saturated rings. The van der Waals surface area contributed by atoms with Crippen LogP contribution in [0.1, 0.15) is 0 Å². The molecule has 5 heteroatoms. The van der Waals surface area contributed by atoms with E-state index >= 15 is 0 Å². The Hall–Kier alpha value is -6.43. The van der Waals surface area contributed by atoms with Gasteiger partial charge in [0.15, 0.2) is 17.5 Å². The number of nitrogens with zero attached hydrogens (tertiary/aromatic N) is 3. The molecule has 4 nitrogen and oxygen atoms in total. The highest BCUT2D eigenvalue weighted by molar-refractivity contribution is 7.26. The number of hydrogen-bond donors (Lipinski definition) is 0. The van der Waals surface area contributed by atoms with Gasteiger partial charge in [-0.1, -0.05) is 133 Å². The molecule has 0 saturated heterocycles. The average Bonchev–Trinajstić information content (AvgIpc) is 3.76. The summed E-state index contributed by atoms with van der Waals surface area (Å²) in [7, 11) is 0. The summed E-state index contributed by atoms with van der Waals surface area (Å²) in [5.41, 5.74) is 9.26. The van der Waals surface area contributed by atoms with Crippen molar-refractivity contribution < 1.29 is 4.42 Å². The molecule has 0 aliphatic rings. The third-order valence-electron chi connectivity index (χ3n) is 9.34. The molecule has 0 spiro atoms. The summed E-state index contributed by atoms with van der Waals surface area (Å²) < 4.78 is 8.82. The molecule has 3 heterocycles. The number of para-hydroxylation sites is 1. The zero-order valence-corrected chi connectivity index (χ0v) is 27.6. The molecule has 3 aromatic heterocycles. The normalized spacial score (nSPS) is 11.6. The standard InChI is InChI=1S/C45H27N3OS/c1-4-13-28(14-5-1)37-25-32(26-38-33-19-10-11-22-39(33)49-41(37)38)31-23-24-34-35-20-12-21-36(42(35)50-40(34)27-31)45-47-43(29-15-6-2-7-16-29)46-44(48-45)30-17-8-3-9-18-30/h1-27H. The number of aromatic nitrogens is 3. The van der Waals surface area contributed by atoms with Crippen LogP contribution in [0.15, 0.2) is 168 Å². The lowest BCUT2D eigenvalue weighted by Crippen LogP contribution is -2.00. The van der Waals surface area contributed by atoms with Crippen molar-refractivity contribution in [3.63, 3.8) is 0 Å². The molecule has 0 amide bonds. The lowest BCUT2D eigenvalue weighted by Gasteiger charge is -2.09. The minimum absolute atomic E-state index is 0.659. The van der Waals surface area contributed by atoms with Gasteiger partial charge < -0.3 is 4.42 Å². The highest BCUT2D eigenvalue weighted by Crippen LogP contribution is 2.43. The van der Waals surface area contributed by atoms with Gasteiger partial charge in [-0.2, -0.15) is 0 Å². The predicted octanol–water partition coefficient (Wildman–Crippen LogP) is 12.5. The topological polar surface area (TPSA) is 51.8 Å². The van der Waals surface area contributed by atoms with Crippen LogP contribution in [0.3, 0.4) is 0 Å². The van der Waals surface area contributed by atoms with E-state index in [1.165, 1.54) is 15.5 Å². The smallest absolute Gasteiger partial charge is 0.165 e. The Bertz CT molecular complexity index is 2800. The fourth-order valence-electron chi connectivity index (χ4n) is 6.91. The van der Waals surface area contributed by atoms with Gasteiger partial charge in [-0.3, -0.25) is 0 Å². The largest absolute Gasteiger partial charge is 0.455 e. The monoisotopic (exact) mass is 657 g/mol. The predicted molar refractivity (Wildman–Crippen MR) is 207 cm³/mol. The van der Waals surface area contributed by atoms with E-state index in [4.69, 9.17) is 19.4 Å². The molecule has 50 heavy (non-hydrogen) atoms. The van der Waals surface area contributed by atoms with E-state index in [1.54, 1.807) is 11.3 Å². The third-order valence-corrected chi connectivity index (χ3v) is 10.5. The lowest BCUT2D eigenvalue weighted by atomic mass is 9.95. The summed E-state index contributed by atoms with van der Waals surface area (Å²) in [4.78, 5) is 15.0. The highest BCUT2D eigenvalue weighted by atomic mass is 32.1. The number of hydrogen-bond acceptors (Lipinski definition) is 5. The quantitative estimate of drug-likeness (QED) is 0.185. The fourth-order valence-corrected chi connectivity index (χ4v) is 8.16. The maximum Gasteiger partial charge on any atom is 0.165 e. The minimum atomic E-state index is 0.659. The van der Waals surface area contributed by atoms with E-state index in [2.05, 4.69) is 91.0 Å². The molecule has 0 aliphatic heterocycles. The van der Waals surface area contributed by atoms with Crippen LogP contribution < -0.4 is 0 Å². The zero-order valence-electron chi connectivity index (χ0n) is 26.7. The van der Waals surface area contributed by atoms with Crippen LogP contribution in [0.4, 0.5) is 0 Å². The van der Waals surface area contributed by atoms with Gasteiger partial charge in [0.1, 0.15) is 11.2 Å². The van der Waals surface area contributed by atoms with Crippen LogP contribution in [-0.2, 0) is 0 Å². The van der Waals surface area contributed by atoms with Crippen LogP contribution in [0.2, 0.25) is 0 Å². The van der Waals surface area contributed by atoms with Gasteiger partial charge in [-0.15, -0.1) is 11.3 Å². The first-order valence-electron chi connectivity index (χ1n) is 16.6. The molecule has 0 atom stereocenters. The van der Waals surface area contributed by atoms with Gasteiger partial charge in [0, 0.05) is 53.2 Å². The summed E-state index contributed by atoms with van der Waals surface area (Å²) in [6, 6.07) is 56.8. The summed E-state index contributed by atoms with van der Waals surface area (Å²) in [5.74, 6) is 1.98. The van der Waals surface area contributed by atoms with E-state index in [0.717, 1.165) is 65.6 Å². The first kappa shape index (κ1) is 28.6. The average molecular weight is 658 g/mol. The Kier molecular flexibility index (Phi) is 6.64. The van der Waals surface area contributed by atoms with Crippen LogP contribution in [0.5, 0.6) is 0 Å². The van der Waals surface area contributed by atoms with Crippen molar-refractivity contribution >= 4 is 53.4 Å². The highest BCUT2D eigenvalue weighted by Gasteiger charge is 2.18.